The Morgan fingerprint density at radius 2 is 1.74 bits per heavy atom. The molecule has 0 amide bonds. The normalized spacial score (nSPS) is 35.9. The van der Waals surface area contributed by atoms with Gasteiger partial charge in [0.15, 0.2) is 12.1 Å². The van der Waals surface area contributed by atoms with E-state index in [4.69, 9.17) is 33.2 Å². The Bertz CT molecular complexity index is 872. The van der Waals surface area contributed by atoms with Crippen LogP contribution in [0.25, 0.3) is 0 Å². The molecular formula is C25H34O9. The largest absolute Gasteiger partial charge is 0.466 e. The molecule has 1 aliphatic carbocycles. The lowest BCUT2D eigenvalue weighted by Crippen LogP contribution is -2.75. The first-order valence-corrected chi connectivity index (χ1v) is 11.8. The maximum absolute atomic E-state index is 13.3. The van der Waals surface area contributed by atoms with Gasteiger partial charge in [0.2, 0.25) is 0 Å². The SMILES string of the molecule is CCOC(=O)C1C[C@@H](C(=O)OCC)[C@]23OC(C)(C)O[C@H]2[C@@H]1O[C@H](OC)[C@@H]3OCc1ccccc1. The molecular weight excluding hydrogens is 444 g/mol. The Balaban J connectivity index is 1.78. The minimum Gasteiger partial charge on any atom is -0.466 e. The quantitative estimate of drug-likeness (QED) is 0.522. The van der Waals surface area contributed by atoms with Crippen LogP contribution in [0.4, 0.5) is 0 Å². The van der Waals surface area contributed by atoms with Gasteiger partial charge < -0.3 is 33.2 Å². The monoisotopic (exact) mass is 478 g/mol. The van der Waals surface area contributed by atoms with Gasteiger partial charge in [0.1, 0.15) is 23.9 Å². The number of carbonyl (C=O) groups is 2. The van der Waals surface area contributed by atoms with E-state index in [0.717, 1.165) is 5.56 Å². The third-order valence-corrected chi connectivity index (χ3v) is 6.66. The minimum absolute atomic E-state index is 0.125. The maximum Gasteiger partial charge on any atom is 0.312 e. The second kappa shape index (κ2) is 9.91. The first-order chi connectivity index (χ1) is 16.3. The predicted molar refractivity (Wildman–Crippen MR) is 118 cm³/mol. The van der Waals surface area contributed by atoms with Crippen molar-refractivity contribution in [3.8, 4) is 0 Å². The molecule has 1 aromatic carbocycles. The lowest BCUT2D eigenvalue weighted by molar-refractivity contribution is -0.342. The molecule has 7 atom stereocenters. The zero-order valence-electron chi connectivity index (χ0n) is 20.4. The molecule has 2 aliphatic heterocycles. The molecule has 2 saturated heterocycles. The molecule has 34 heavy (non-hydrogen) atoms. The average Bonchev–Trinajstić information content (AvgIpc) is 3.11. The number of hydrogen-bond acceptors (Lipinski definition) is 9. The van der Waals surface area contributed by atoms with Crippen molar-refractivity contribution in [3.63, 3.8) is 0 Å². The Hall–Kier alpha value is -2.04. The third kappa shape index (κ3) is 4.35. The first-order valence-electron chi connectivity index (χ1n) is 11.8. The van der Waals surface area contributed by atoms with Crippen LogP contribution < -0.4 is 0 Å². The van der Waals surface area contributed by atoms with Gasteiger partial charge in [-0.1, -0.05) is 30.3 Å². The Kier molecular flexibility index (Phi) is 7.30. The molecule has 0 N–H and O–H groups in total. The van der Waals surface area contributed by atoms with E-state index >= 15 is 0 Å². The molecule has 4 rings (SSSR count). The van der Waals surface area contributed by atoms with E-state index in [2.05, 4.69) is 0 Å². The highest BCUT2D eigenvalue weighted by molar-refractivity contribution is 5.79. The van der Waals surface area contributed by atoms with E-state index in [9.17, 15) is 9.59 Å². The molecule has 188 valence electrons. The number of methoxy groups -OCH3 is 1. The maximum atomic E-state index is 13.3. The number of benzene rings is 1. The Morgan fingerprint density at radius 3 is 2.38 bits per heavy atom. The van der Waals surface area contributed by atoms with Crippen molar-refractivity contribution >= 4 is 11.9 Å². The van der Waals surface area contributed by atoms with Crippen LogP contribution in [0.3, 0.4) is 0 Å². The summed E-state index contributed by atoms with van der Waals surface area (Å²) < 4.78 is 42.0. The predicted octanol–water partition coefficient (Wildman–Crippen LogP) is 2.60. The highest BCUT2D eigenvalue weighted by atomic mass is 16.8. The molecule has 3 fully saturated rings. The summed E-state index contributed by atoms with van der Waals surface area (Å²) in [6, 6.07) is 9.66. The Labute approximate surface area is 199 Å². The lowest BCUT2D eigenvalue weighted by Gasteiger charge is -2.56. The summed E-state index contributed by atoms with van der Waals surface area (Å²) in [7, 11) is 1.50. The molecule has 9 nitrogen and oxygen atoms in total. The molecule has 1 saturated carbocycles. The zero-order valence-corrected chi connectivity index (χ0v) is 20.4. The summed E-state index contributed by atoms with van der Waals surface area (Å²) >= 11 is 0. The molecule has 2 bridgehead atoms. The topological polar surface area (TPSA) is 98.8 Å². The number of carbonyl (C=O) groups excluding carboxylic acids is 2. The number of hydrogen-bond donors (Lipinski definition) is 0. The van der Waals surface area contributed by atoms with Gasteiger partial charge >= 0.3 is 11.9 Å². The minimum atomic E-state index is -1.28. The standard InChI is InChI=1S/C25H34O9/c1-6-29-21(26)16-13-17(22(27)30-7-2)25-19(33-24(3,4)34-25)18(16)32-23(28-5)20(25)31-14-15-11-9-8-10-12-15/h8-12,16-20,23H,6-7,13-14H2,1-5H3/t16?,17-,18+,19-,20-,23-,25-/m0/s1. The van der Waals surface area contributed by atoms with Gasteiger partial charge in [-0.05, 0) is 39.7 Å². The number of rotatable bonds is 8. The molecule has 0 aromatic heterocycles. The molecule has 0 radical (unpaired) electrons. The molecule has 9 heteroatoms. The van der Waals surface area contributed by atoms with Gasteiger partial charge in [-0.2, -0.15) is 0 Å². The van der Waals surface area contributed by atoms with Crippen molar-refractivity contribution in [2.24, 2.45) is 11.8 Å². The van der Waals surface area contributed by atoms with Gasteiger partial charge in [-0.15, -0.1) is 0 Å². The average molecular weight is 479 g/mol. The third-order valence-electron chi connectivity index (χ3n) is 6.66. The van der Waals surface area contributed by atoms with Crippen LogP contribution in [-0.2, 0) is 49.4 Å². The molecule has 2 heterocycles. The van der Waals surface area contributed by atoms with Crippen molar-refractivity contribution in [1.82, 2.24) is 0 Å². The molecule has 0 spiro atoms. The highest BCUT2D eigenvalue weighted by Crippen LogP contribution is 2.57. The van der Waals surface area contributed by atoms with Crippen molar-refractivity contribution in [1.29, 1.82) is 0 Å². The fraction of sp³-hybridized carbons (Fsp3) is 0.680. The van der Waals surface area contributed by atoms with E-state index in [-0.39, 0.29) is 26.2 Å². The number of ether oxygens (including phenoxy) is 7. The van der Waals surface area contributed by atoms with Gasteiger partial charge in [0.25, 0.3) is 0 Å². The van der Waals surface area contributed by atoms with E-state index in [1.807, 2.05) is 30.3 Å². The van der Waals surface area contributed by atoms with Crippen LogP contribution >= 0.6 is 0 Å². The molecule has 3 aliphatic rings. The van der Waals surface area contributed by atoms with Gasteiger partial charge in [0.05, 0.1) is 31.7 Å². The summed E-state index contributed by atoms with van der Waals surface area (Å²) in [5.41, 5.74) is -0.338. The van der Waals surface area contributed by atoms with E-state index in [1.54, 1.807) is 27.7 Å². The summed E-state index contributed by atoms with van der Waals surface area (Å²) in [4.78, 5) is 26.3. The summed E-state index contributed by atoms with van der Waals surface area (Å²) in [6.07, 6.45) is -3.12. The van der Waals surface area contributed by atoms with E-state index in [1.165, 1.54) is 7.11 Å². The smallest absolute Gasteiger partial charge is 0.312 e. The first kappa shape index (κ1) is 25.1. The molecule has 1 aromatic rings. The number of esters is 2. The van der Waals surface area contributed by atoms with E-state index in [0.29, 0.717) is 0 Å². The van der Waals surface area contributed by atoms with Gasteiger partial charge in [-0.3, -0.25) is 9.59 Å². The van der Waals surface area contributed by atoms with Crippen molar-refractivity contribution < 1.29 is 42.7 Å². The van der Waals surface area contributed by atoms with Crippen molar-refractivity contribution in [2.75, 3.05) is 20.3 Å². The van der Waals surface area contributed by atoms with Crippen LogP contribution in [0.5, 0.6) is 0 Å². The van der Waals surface area contributed by atoms with Crippen LogP contribution in [0.1, 0.15) is 39.7 Å². The van der Waals surface area contributed by atoms with Crippen LogP contribution in [0.15, 0.2) is 30.3 Å². The fourth-order valence-electron chi connectivity index (χ4n) is 5.46. The summed E-state index contributed by atoms with van der Waals surface area (Å²) in [5.74, 6) is -3.60. The van der Waals surface area contributed by atoms with Crippen molar-refractivity contribution in [2.45, 2.75) is 76.7 Å². The summed E-state index contributed by atoms with van der Waals surface area (Å²) in [5, 5.41) is 0. The van der Waals surface area contributed by atoms with Crippen LogP contribution in [0, 0.1) is 11.8 Å². The second-order valence-electron chi connectivity index (χ2n) is 9.21. The van der Waals surface area contributed by atoms with Crippen LogP contribution in [-0.4, -0.2) is 68.3 Å². The fourth-order valence-corrected chi connectivity index (χ4v) is 5.46. The van der Waals surface area contributed by atoms with Gasteiger partial charge in [0, 0.05) is 7.11 Å². The van der Waals surface area contributed by atoms with Crippen molar-refractivity contribution in [3.05, 3.63) is 35.9 Å². The Morgan fingerprint density at radius 1 is 1.06 bits per heavy atom. The molecule has 1 unspecified atom stereocenters. The van der Waals surface area contributed by atoms with Crippen LogP contribution in [0.2, 0.25) is 0 Å². The van der Waals surface area contributed by atoms with Gasteiger partial charge in [-0.25, -0.2) is 0 Å². The lowest BCUT2D eigenvalue weighted by atomic mass is 9.63. The van der Waals surface area contributed by atoms with E-state index < -0.39 is 59.8 Å². The second-order valence-corrected chi connectivity index (χ2v) is 9.21. The summed E-state index contributed by atoms with van der Waals surface area (Å²) in [6.45, 7) is 7.66. The highest BCUT2D eigenvalue weighted by Gasteiger charge is 2.75. The zero-order chi connectivity index (χ0) is 24.5.